The van der Waals surface area contributed by atoms with Gasteiger partial charge in [-0.2, -0.15) is 0 Å². The summed E-state index contributed by atoms with van der Waals surface area (Å²) in [5, 5.41) is 25.3. The molecule has 1 aromatic carbocycles. The van der Waals surface area contributed by atoms with Gasteiger partial charge in [0, 0.05) is 12.3 Å². The molecule has 3 rings (SSSR count). The van der Waals surface area contributed by atoms with Crippen molar-refractivity contribution in [3.05, 3.63) is 35.9 Å². The summed E-state index contributed by atoms with van der Waals surface area (Å²) < 4.78 is 1.84. The molecule has 2 aromatic rings. The Bertz CT molecular complexity index is 631. The lowest BCUT2D eigenvalue weighted by Gasteiger charge is -2.19. The number of benzene rings is 1. The highest BCUT2D eigenvalue weighted by molar-refractivity contribution is 7.99. The Balaban J connectivity index is 1.59. The zero-order valence-electron chi connectivity index (χ0n) is 11.2. The minimum Gasteiger partial charge on any atom is -0.390 e. The second-order valence-electron chi connectivity index (χ2n) is 4.67. The predicted octanol–water partition coefficient (Wildman–Crippen LogP) is 1.23. The topological polar surface area (TPSA) is 75.0 Å². The number of thioether (sulfide) groups is 1. The SMILES string of the molecule is OC1CSc2nnc(NC(=S)NCc3ccccc3)n2C1. The molecular formula is C13H15N5OS2. The van der Waals surface area contributed by atoms with E-state index in [9.17, 15) is 5.11 Å². The zero-order valence-corrected chi connectivity index (χ0v) is 12.8. The average Bonchev–Trinajstić information content (AvgIpc) is 2.88. The number of rotatable bonds is 3. The van der Waals surface area contributed by atoms with Crippen molar-refractivity contribution >= 4 is 35.0 Å². The number of hydrogen-bond donors (Lipinski definition) is 3. The number of aromatic nitrogens is 3. The minimum atomic E-state index is -0.384. The number of nitrogens with one attached hydrogen (secondary N) is 2. The van der Waals surface area contributed by atoms with Gasteiger partial charge in [-0.3, -0.25) is 4.57 Å². The lowest BCUT2D eigenvalue weighted by molar-refractivity contribution is 0.171. The van der Waals surface area contributed by atoms with Gasteiger partial charge in [-0.1, -0.05) is 42.1 Å². The minimum absolute atomic E-state index is 0.384. The van der Waals surface area contributed by atoms with E-state index in [0.29, 0.717) is 29.9 Å². The quantitative estimate of drug-likeness (QED) is 0.734. The summed E-state index contributed by atoms with van der Waals surface area (Å²) in [6, 6.07) is 10.0. The molecule has 2 heterocycles. The van der Waals surface area contributed by atoms with Crippen LogP contribution in [0.2, 0.25) is 0 Å². The van der Waals surface area contributed by atoms with Gasteiger partial charge in [0.25, 0.3) is 0 Å². The molecule has 0 saturated heterocycles. The Morgan fingerprint density at radius 2 is 2.19 bits per heavy atom. The fraction of sp³-hybridized carbons (Fsp3) is 0.308. The van der Waals surface area contributed by atoms with Crippen LogP contribution in [-0.2, 0) is 13.1 Å². The summed E-state index contributed by atoms with van der Waals surface area (Å²) >= 11 is 6.75. The highest BCUT2D eigenvalue weighted by Gasteiger charge is 2.22. The number of aliphatic hydroxyl groups is 1. The fourth-order valence-corrected chi connectivity index (χ4v) is 3.04. The summed E-state index contributed by atoms with van der Waals surface area (Å²) in [6.45, 7) is 1.13. The predicted molar refractivity (Wildman–Crippen MR) is 86.3 cm³/mol. The molecule has 1 atom stereocenters. The first kappa shape index (κ1) is 14.3. The number of fused-ring (bicyclic) bond motifs is 1. The fourth-order valence-electron chi connectivity index (χ4n) is 2.01. The van der Waals surface area contributed by atoms with Gasteiger partial charge in [0.05, 0.1) is 12.6 Å². The molecule has 8 heteroatoms. The van der Waals surface area contributed by atoms with E-state index in [-0.39, 0.29) is 6.10 Å². The lowest BCUT2D eigenvalue weighted by atomic mass is 10.2. The largest absolute Gasteiger partial charge is 0.390 e. The Kier molecular flexibility index (Phi) is 4.37. The summed E-state index contributed by atoms with van der Waals surface area (Å²) in [4.78, 5) is 0. The monoisotopic (exact) mass is 321 g/mol. The second kappa shape index (κ2) is 6.42. The standard InChI is InChI=1S/C13H15N5OS2/c19-10-7-18-11(16-17-13(18)21-8-10)15-12(20)14-6-9-4-2-1-3-5-9/h1-5,10,19H,6-8H2,(H2,14,15,16,20). The highest BCUT2D eigenvalue weighted by atomic mass is 32.2. The molecule has 1 aromatic heterocycles. The van der Waals surface area contributed by atoms with Crippen LogP contribution in [0.3, 0.4) is 0 Å². The first-order chi connectivity index (χ1) is 10.2. The van der Waals surface area contributed by atoms with E-state index in [0.717, 1.165) is 10.7 Å². The van der Waals surface area contributed by atoms with Crippen LogP contribution in [0.5, 0.6) is 0 Å². The first-order valence-corrected chi connectivity index (χ1v) is 7.94. The van der Waals surface area contributed by atoms with E-state index in [1.165, 1.54) is 11.8 Å². The van der Waals surface area contributed by atoms with Gasteiger partial charge in [0.1, 0.15) is 0 Å². The molecule has 0 radical (unpaired) electrons. The maximum Gasteiger partial charge on any atom is 0.231 e. The van der Waals surface area contributed by atoms with Gasteiger partial charge >= 0.3 is 0 Å². The Morgan fingerprint density at radius 3 is 3.00 bits per heavy atom. The normalized spacial score (nSPS) is 17.1. The van der Waals surface area contributed by atoms with Crippen LogP contribution in [0.15, 0.2) is 35.5 Å². The van der Waals surface area contributed by atoms with E-state index in [1.54, 1.807) is 0 Å². The van der Waals surface area contributed by atoms with Crippen LogP contribution < -0.4 is 10.6 Å². The Hall–Kier alpha value is -1.64. The van der Waals surface area contributed by atoms with Gasteiger partial charge in [-0.15, -0.1) is 10.2 Å². The zero-order chi connectivity index (χ0) is 14.7. The molecule has 3 N–H and O–H groups in total. The number of anilines is 1. The molecule has 0 bridgehead atoms. The average molecular weight is 321 g/mol. The Morgan fingerprint density at radius 1 is 1.38 bits per heavy atom. The number of thiocarbonyl (C=S) groups is 1. The van der Waals surface area contributed by atoms with E-state index < -0.39 is 0 Å². The van der Waals surface area contributed by atoms with Crippen molar-refractivity contribution in [3.8, 4) is 0 Å². The van der Waals surface area contributed by atoms with Crippen LogP contribution in [0.25, 0.3) is 0 Å². The van der Waals surface area contributed by atoms with Gasteiger partial charge in [0.15, 0.2) is 10.3 Å². The van der Waals surface area contributed by atoms with Gasteiger partial charge in [-0.05, 0) is 17.8 Å². The van der Waals surface area contributed by atoms with Gasteiger partial charge < -0.3 is 15.7 Å². The maximum absolute atomic E-state index is 9.71. The van der Waals surface area contributed by atoms with Crippen molar-refractivity contribution in [3.63, 3.8) is 0 Å². The summed E-state index contributed by atoms with van der Waals surface area (Å²) in [5.74, 6) is 1.20. The van der Waals surface area contributed by atoms with Crippen molar-refractivity contribution in [2.24, 2.45) is 0 Å². The molecule has 0 saturated carbocycles. The smallest absolute Gasteiger partial charge is 0.231 e. The first-order valence-electron chi connectivity index (χ1n) is 6.55. The van der Waals surface area contributed by atoms with Crippen LogP contribution in [0, 0.1) is 0 Å². The molecule has 0 aliphatic carbocycles. The molecule has 1 aliphatic rings. The van der Waals surface area contributed by atoms with E-state index in [4.69, 9.17) is 12.2 Å². The molecule has 110 valence electrons. The number of nitrogens with zero attached hydrogens (tertiary/aromatic N) is 3. The molecule has 0 fully saturated rings. The van der Waals surface area contributed by atoms with Crippen molar-refractivity contribution < 1.29 is 5.11 Å². The molecule has 1 aliphatic heterocycles. The molecule has 1 unspecified atom stereocenters. The van der Waals surface area contributed by atoms with Crippen LogP contribution in [-0.4, -0.2) is 36.8 Å². The van der Waals surface area contributed by atoms with E-state index in [1.807, 2.05) is 34.9 Å². The van der Waals surface area contributed by atoms with Gasteiger partial charge in [-0.25, -0.2) is 0 Å². The summed E-state index contributed by atoms with van der Waals surface area (Å²) in [7, 11) is 0. The van der Waals surface area contributed by atoms with Crippen molar-refractivity contribution in [2.75, 3.05) is 11.1 Å². The summed E-state index contributed by atoms with van der Waals surface area (Å²) in [5.41, 5.74) is 1.15. The molecule has 21 heavy (non-hydrogen) atoms. The number of hydrogen-bond acceptors (Lipinski definition) is 5. The van der Waals surface area contributed by atoms with Crippen molar-refractivity contribution in [2.45, 2.75) is 24.3 Å². The molecule has 0 amide bonds. The lowest BCUT2D eigenvalue weighted by Crippen LogP contribution is -2.31. The third-order valence-corrected chi connectivity index (χ3v) is 4.39. The Labute approximate surface area is 132 Å². The molecule has 0 spiro atoms. The second-order valence-corrected chi connectivity index (χ2v) is 6.07. The van der Waals surface area contributed by atoms with E-state index >= 15 is 0 Å². The van der Waals surface area contributed by atoms with Crippen molar-refractivity contribution in [1.82, 2.24) is 20.1 Å². The van der Waals surface area contributed by atoms with Crippen molar-refractivity contribution in [1.29, 1.82) is 0 Å². The molecular weight excluding hydrogens is 306 g/mol. The van der Waals surface area contributed by atoms with Crippen LogP contribution in [0.1, 0.15) is 5.56 Å². The van der Waals surface area contributed by atoms with Crippen LogP contribution in [0.4, 0.5) is 5.95 Å². The maximum atomic E-state index is 9.71. The molecule has 6 nitrogen and oxygen atoms in total. The highest BCUT2D eigenvalue weighted by Crippen LogP contribution is 2.25. The summed E-state index contributed by atoms with van der Waals surface area (Å²) in [6.07, 6.45) is -0.384. The van der Waals surface area contributed by atoms with Gasteiger partial charge in [0.2, 0.25) is 5.95 Å². The van der Waals surface area contributed by atoms with E-state index in [2.05, 4.69) is 20.8 Å². The third kappa shape index (κ3) is 3.52. The third-order valence-electron chi connectivity index (χ3n) is 3.04. The van der Waals surface area contributed by atoms with Crippen LogP contribution >= 0.6 is 24.0 Å². The number of aliphatic hydroxyl groups excluding tert-OH is 1.